The molecule has 1 rings (SSSR count). The maximum atomic E-state index is 3.26. The Bertz CT molecular complexity index is 166. The molecule has 1 N–H and O–H groups in total. The Balaban J connectivity index is 1.89. The maximum Gasteiger partial charge on any atom is 0.0459 e. The summed E-state index contributed by atoms with van der Waals surface area (Å²) in [5.41, 5.74) is 3.26. The van der Waals surface area contributed by atoms with Crippen LogP contribution in [0.3, 0.4) is 0 Å². The molecule has 14 heavy (non-hydrogen) atoms. The fraction of sp³-hybridized carbons (Fsp3) is 0.833. The van der Waals surface area contributed by atoms with E-state index < -0.39 is 0 Å². The summed E-state index contributed by atoms with van der Waals surface area (Å²) in [4.78, 5) is 0. The largest absolute Gasteiger partial charge is 0.326 e. The molecule has 1 unspecified atom stereocenters. The average molecular weight is 196 g/mol. The molecule has 0 spiro atoms. The van der Waals surface area contributed by atoms with E-state index >= 15 is 0 Å². The van der Waals surface area contributed by atoms with Crippen molar-refractivity contribution in [2.45, 2.75) is 58.4 Å². The van der Waals surface area contributed by atoms with E-state index in [-0.39, 0.29) is 0 Å². The Morgan fingerprint density at radius 2 is 1.86 bits per heavy atom. The van der Waals surface area contributed by atoms with Gasteiger partial charge in [-0.3, -0.25) is 0 Å². The van der Waals surface area contributed by atoms with Gasteiger partial charge in [0.1, 0.15) is 0 Å². The zero-order chi connectivity index (χ0) is 10.2. The quantitative estimate of drug-likeness (QED) is 0.630. The van der Waals surface area contributed by atoms with Crippen LogP contribution in [0.1, 0.15) is 52.4 Å². The second kappa shape index (κ2) is 6.88. The van der Waals surface area contributed by atoms with E-state index in [4.69, 9.17) is 0 Å². The fourth-order valence-corrected chi connectivity index (χ4v) is 1.83. The lowest BCUT2D eigenvalue weighted by Gasteiger charge is -2.20. The molecule has 1 atom stereocenters. The molecular formula is C12H24N2. The minimum Gasteiger partial charge on any atom is -0.326 e. The van der Waals surface area contributed by atoms with Crippen molar-refractivity contribution in [1.82, 2.24) is 10.4 Å². The number of nitrogens with one attached hydrogen (secondary N) is 1. The number of hydrogen-bond acceptors (Lipinski definition) is 2. The summed E-state index contributed by atoms with van der Waals surface area (Å²) in [6.07, 6.45) is 12.5. The van der Waals surface area contributed by atoms with E-state index in [2.05, 4.69) is 30.4 Å². The first-order chi connectivity index (χ1) is 6.84. The summed E-state index contributed by atoms with van der Waals surface area (Å²) < 4.78 is 0. The summed E-state index contributed by atoms with van der Waals surface area (Å²) in [7, 11) is 0. The SMILES string of the molecule is CCCCCCCCN1NC=CC1C. The lowest BCUT2D eigenvalue weighted by atomic mass is 10.1. The summed E-state index contributed by atoms with van der Waals surface area (Å²) in [5, 5.41) is 2.31. The molecule has 0 fully saturated rings. The predicted molar refractivity (Wildman–Crippen MR) is 61.8 cm³/mol. The summed E-state index contributed by atoms with van der Waals surface area (Å²) in [5.74, 6) is 0. The van der Waals surface area contributed by atoms with E-state index in [0.717, 1.165) is 0 Å². The molecule has 2 nitrogen and oxygen atoms in total. The van der Waals surface area contributed by atoms with Gasteiger partial charge >= 0.3 is 0 Å². The molecule has 1 aliphatic heterocycles. The average Bonchev–Trinajstić information content (AvgIpc) is 2.58. The minimum atomic E-state index is 0.575. The van der Waals surface area contributed by atoms with Crippen LogP contribution in [-0.4, -0.2) is 17.6 Å². The number of unbranched alkanes of at least 4 members (excludes halogenated alkanes) is 5. The first-order valence-electron chi connectivity index (χ1n) is 6.04. The second-order valence-electron chi connectivity index (χ2n) is 4.19. The normalized spacial score (nSPS) is 21.4. The first kappa shape index (κ1) is 11.6. The van der Waals surface area contributed by atoms with Crippen molar-refractivity contribution in [3.05, 3.63) is 12.3 Å². The molecule has 0 bridgehead atoms. The minimum absolute atomic E-state index is 0.575. The summed E-state index contributed by atoms with van der Waals surface area (Å²) in [6.45, 7) is 5.68. The monoisotopic (exact) mass is 196 g/mol. The molecule has 1 heterocycles. The van der Waals surface area contributed by atoms with Gasteiger partial charge in [-0.2, -0.15) is 0 Å². The van der Waals surface area contributed by atoms with Crippen LogP contribution in [0.4, 0.5) is 0 Å². The predicted octanol–water partition coefficient (Wildman–Crippen LogP) is 3.07. The van der Waals surface area contributed by atoms with Crippen molar-refractivity contribution < 1.29 is 0 Å². The van der Waals surface area contributed by atoms with Crippen LogP contribution in [0.25, 0.3) is 0 Å². The number of nitrogens with zero attached hydrogens (tertiary/aromatic N) is 1. The summed E-state index contributed by atoms with van der Waals surface area (Å²) in [6, 6.07) is 0.575. The zero-order valence-electron chi connectivity index (χ0n) is 9.63. The van der Waals surface area contributed by atoms with Crippen LogP contribution >= 0.6 is 0 Å². The van der Waals surface area contributed by atoms with Crippen LogP contribution in [0.15, 0.2) is 12.3 Å². The van der Waals surface area contributed by atoms with Crippen molar-refractivity contribution in [3.63, 3.8) is 0 Å². The first-order valence-corrected chi connectivity index (χ1v) is 6.04. The van der Waals surface area contributed by atoms with Gasteiger partial charge in [-0.15, -0.1) is 0 Å². The van der Waals surface area contributed by atoms with E-state index in [1.165, 1.54) is 45.1 Å². The highest BCUT2D eigenvalue weighted by Gasteiger charge is 2.12. The highest BCUT2D eigenvalue weighted by molar-refractivity contribution is 4.95. The van der Waals surface area contributed by atoms with Crippen molar-refractivity contribution in [3.8, 4) is 0 Å². The molecule has 82 valence electrons. The van der Waals surface area contributed by atoms with Gasteiger partial charge in [-0.1, -0.05) is 39.0 Å². The number of rotatable bonds is 7. The molecule has 0 radical (unpaired) electrons. The van der Waals surface area contributed by atoms with Crippen LogP contribution in [0, 0.1) is 0 Å². The van der Waals surface area contributed by atoms with Crippen LogP contribution < -0.4 is 5.43 Å². The van der Waals surface area contributed by atoms with Gasteiger partial charge in [-0.05, 0) is 19.4 Å². The molecule has 0 aromatic carbocycles. The van der Waals surface area contributed by atoms with E-state index in [1.54, 1.807) is 0 Å². The third kappa shape index (κ3) is 4.14. The zero-order valence-corrected chi connectivity index (χ0v) is 9.63. The smallest absolute Gasteiger partial charge is 0.0459 e. The van der Waals surface area contributed by atoms with E-state index in [1.807, 2.05) is 6.20 Å². The molecule has 0 aromatic rings. The molecule has 0 amide bonds. The van der Waals surface area contributed by atoms with Gasteiger partial charge < -0.3 is 5.43 Å². The van der Waals surface area contributed by atoms with Gasteiger partial charge in [-0.25, -0.2) is 5.01 Å². The van der Waals surface area contributed by atoms with Gasteiger partial charge in [0.15, 0.2) is 0 Å². The van der Waals surface area contributed by atoms with Crippen molar-refractivity contribution in [2.75, 3.05) is 6.54 Å². The lowest BCUT2D eigenvalue weighted by molar-refractivity contribution is 0.206. The Morgan fingerprint density at radius 1 is 1.14 bits per heavy atom. The van der Waals surface area contributed by atoms with Gasteiger partial charge in [0.05, 0.1) is 0 Å². The van der Waals surface area contributed by atoms with Gasteiger partial charge in [0.25, 0.3) is 0 Å². The molecule has 0 aromatic heterocycles. The van der Waals surface area contributed by atoms with Crippen LogP contribution in [-0.2, 0) is 0 Å². The fourth-order valence-electron chi connectivity index (χ4n) is 1.83. The topological polar surface area (TPSA) is 15.3 Å². The van der Waals surface area contributed by atoms with Crippen LogP contribution in [0.2, 0.25) is 0 Å². The lowest BCUT2D eigenvalue weighted by Crippen LogP contribution is -2.36. The number of hydrogen-bond donors (Lipinski definition) is 1. The molecule has 0 aliphatic carbocycles. The molecule has 0 saturated carbocycles. The van der Waals surface area contributed by atoms with Crippen molar-refractivity contribution >= 4 is 0 Å². The maximum absolute atomic E-state index is 3.26. The molecule has 1 aliphatic rings. The van der Waals surface area contributed by atoms with Gasteiger partial charge in [0.2, 0.25) is 0 Å². The standard InChI is InChI=1S/C12H24N2/c1-3-4-5-6-7-8-11-14-12(2)9-10-13-14/h9-10,12-13H,3-8,11H2,1-2H3. The van der Waals surface area contributed by atoms with E-state index in [9.17, 15) is 0 Å². The molecule has 0 saturated heterocycles. The third-order valence-corrected chi connectivity index (χ3v) is 2.86. The number of hydrazine groups is 1. The third-order valence-electron chi connectivity index (χ3n) is 2.86. The Labute approximate surface area is 88.3 Å². The molecular weight excluding hydrogens is 172 g/mol. The van der Waals surface area contributed by atoms with Crippen molar-refractivity contribution in [2.24, 2.45) is 0 Å². The highest BCUT2D eigenvalue weighted by atomic mass is 15.5. The second-order valence-corrected chi connectivity index (χ2v) is 4.19. The van der Waals surface area contributed by atoms with Crippen LogP contribution in [0.5, 0.6) is 0 Å². The highest BCUT2D eigenvalue weighted by Crippen LogP contribution is 2.08. The summed E-state index contributed by atoms with van der Waals surface area (Å²) >= 11 is 0. The Morgan fingerprint density at radius 3 is 2.50 bits per heavy atom. The Kier molecular flexibility index (Phi) is 5.69. The Hall–Kier alpha value is -0.500. The van der Waals surface area contributed by atoms with Crippen molar-refractivity contribution in [1.29, 1.82) is 0 Å². The molecule has 2 heteroatoms. The van der Waals surface area contributed by atoms with E-state index in [0.29, 0.717) is 6.04 Å². The van der Waals surface area contributed by atoms with Gasteiger partial charge in [0, 0.05) is 18.8 Å².